The smallest absolute Gasteiger partial charge is 0.0320 e. The van der Waals surface area contributed by atoms with Crippen molar-refractivity contribution in [2.45, 2.75) is 6.92 Å². The van der Waals surface area contributed by atoms with Crippen molar-refractivity contribution in [3.8, 4) is 36.0 Å². The Hall–Kier alpha value is -1.32. The molecule has 0 heteroatoms. The van der Waals surface area contributed by atoms with Gasteiger partial charge in [0.05, 0.1) is 0 Å². The van der Waals surface area contributed by atoms with E-state index in [4.69, 9.17) is 6.42 Å². The van der Waals surface area contributed by atoms with E-state index in [2.05, 4.69) is 29.6 Å². The van der Waals surface area contributed by atoms with E-state index in [-0.39, 0.29) is 0 Å². The van der Waals surface area contributed by atoms with Gasteiger partial charge in [-0.2, -0.15) is 0 Å². The largest absolute Gasteiger partial charge is 0.106 e. The molecular formula is C8H5. The average Bonchev–Trinajstić information content (AvgIpc) is 1.81. The molecule has 0 aromatic carbocycles. The van der Waals surface area contributed by atoms with Crippen molar-refractivity contribution in [3.05, 3.63) is 6.42 Å². The summed E-state index contributed by atoms with van der Waals surface area (Å²) in [5.41, 5.74) is 0. The number of hydrogen-bond acceptors (Lipinski definition) is 0. The van der Waals surface area contributed by atoms with Crippen molar-refractivity contribution in [1.82, 2.24) is 0 Å². The predicted molar refractivity (Wildman–Crippen MR) is 34.4 cm³/mol. The van der Waals surface area contributed by atoms with Gasteiger partial charge < -0.3 is 0 Å². The van der Waals surface area contributed by atoms with Crippen LogP contribution in [0.25, 0.3) is 0 Å². The molecule has 0 N–H and O–H groups in total. The van der Waals surface area contributed by atoms with Gasteiger partial charge in [0.25, 0.3) is 0 Å². The van der Waals surface area contributed by atoms with E-state index in [0.717, 1.165) is 0 Å². The minimum absolute atomic E-state index is 1.71. The summed E-state index contributed by atoms with van der Waals surface area (Å²) in [6.07, 6.45) is 6.52. The van der Waals surface area contributed by atoms with Gasteiger partial charge in [0.15, 0.2) is 0 Å². The standard InChI is InChI=1S/C8H5/c1-3-5-7-8-6-4-2/h1,4H,2H3. The molecule has 0 aliphatic heterocycles. The molecule has 0 aromatic heterocycles. The first-order chi connectivity index (χ1) is 3.91. The zero-order valence-corrected chi connectivity index (χ0v) is 4.65. The van der Waals surface area contributed by atoms with Gasteiger partial charge in [-0.3, -0.25) is 0 Å². The van der Waals surface area contributed by atoms with Gasteiger partial charge in [0.2, 0.25) is 0 Å². The summed E-state index contributed by atoms with van der Waals surface area (Å²) in [7, 11) is 0. The third kappa shape index (κ3) is 4.68. The maximum atomic E-state index is 4.81. The molecule has 0 nitrogen and oxygen atoms in total. The minimum atomic E-state index is 1.71. The van der Waals surface area contributed by atoms with Gasteiger partial charge in [0, 0.05) is 6.42 Å². The Kier molecular flexibility index (Phi) is 4.74. The lowest BCUT2D eigenvalue weighted by molar-refractivity contribution is 1.62. The lowest BCUT2D eigenvalue weighted by atomic mass is 10.4. The summed E-state index contributed by atoms with van der Waals surface area (Å²) in [4.78, 5) is 0. The molecule has 0 saturated carbocycles. The SMILES string of the molecule is C#CC#CC#C[CH]C. The predicted octanol–water partition coefficient (Wildman–Crippen LogP) is 0.851. The molecule has 8 heavy (non-hydrogen) atoms. The van der Waals surface area contributed by atoms with Crippen LogP contribution in [0.1, 0.15) is 6.92 Å². The van der Waals surface area contributed by atoms with Gasteiger partial charge in [-0.25, -0.2) is 0 Å². The molecule has 0 amide bonds. The highest BCUT2D eigenvalue weighted by Crippen LogP contribution is 1.61. The molecule has 0 saturated heterocycles. The van der Waals surface area contributed by atoms with Crippen LogP contribution in [-0.2, 0) is 0 Å². The summed E-state index contributed by atoms with van der Waals surface area (Å²) in [6, 6.07) is 0. The van der Waals surface area contributed by atoms with E-state index in [1.165, 1.54) is 0 Å². The maximum absolute atomic E-state index is 4.81. The molecule has 0 aromatic rings. The maximum Gasteiger partial charge on any atom is 0.0320 e. The molecule has 0 spiro atoms. The Morgan fingerprint density at radius 3 is 2.50 bits per heavy atom. The Morgan fingerprint density at radius 2 is 2.00 bits per heavy atom. The highest BCUT2D eigenvalue weighted by atomic mass is 13.6. The monoisotopic (exact) mass is 101 g/mol. The van der Waals surface area contributed by atoms with E-state index in [1.54, 1.807) is 6.42 Å². The Morgan fingerprint density at radius 1 is 1.25 bits per heavy atom. The van der Waals surface area contributed by atoms with Crippen molar-refractivity contribution in [2.75, 3.05) is 0 Å². The van der Waals surface area contributed by atoms with Crippen LogP contribution in [0.2, 0.25) is 0 Å². The van der Waals surface area contributed by atoms with Crippen LogP contribution in [0, 0.1) is 42.4 Å². The van der Waals surface area contributed by atoms with E-state index >= 15 is 0 Å². The van der Waals surface area contributed by atoms with E-state index in [1.807, 2.05) is 6.92 Å². The fourth-order valence-corrected chi connectivity index (χ4v) is 0.176. The minimum Gasteiger partial charge on any atom is -0.106 e. The summed E-state index contributed by atoms with van der Waals surface area (Å²) in [5.74, 6) is 12.1. The Balaban J connectivity index is 3.61. The molecule has 0 aliphatic carbocycles. The van der Waals surface area contributed by atoms with Gasteiger partial charge in [-0.05, 0) is 23.7 Å². The first-order valence-corrected chi connectivity index (χ1v) is 2.15. The van der Waals surface area contributed by atoms with Crippen LogP contribution in [-0.4, -0.2) is 0 Å². The van der Waals surface area contributed by atoms with Crippen LogP contribution < -0.4 is 0 Å². The zero-order chi connectivity index (χ0) is 6.24. The molecule has 0 heterocycles. The fraction of sp³-hybridized carbons (Fsp3) is 0.125. The highest BCUT2D eigenvalue weighted by molar-refractivity contribution is 5.35. The second-order valence-electron chi connectivity index (χ2n) is 0.952. The lowest BCUT2D eigenvalue weighted by Crippen LogP contribution is -1.53. The molecule has 0 bridgehead atoms. The molecule has 0 aliphatic rings. The first-order valence-electron chi connectivity index (χ1n) is 2.15. The normalized spacial score (nSPS) is 4.50. The van der Waals surface area contributed by atoms with Gasteiger partial charge >= 0.3 is 0 Å². The number of hydrogen-bond donors (Lipinski definition) is 0. The number of terminal acetylenes is 1. The Labute approximate surface area is 50.3 Å². The second kappa shape index (κ2) is 5.68. The highest BCUT2D eigenvalue weighted by Gasteiger charge is 1.55. The number of rotatable bonds is 0. The first kappa shape index (κ1) is 6.68. The Bertz CT molecular complexity index is 194. The summed E-state index contributed by atoms with van der Waals surface area (Å²) >= 11 is 0. The third-order valence-electron chi connectivity index (χ3n) is 0.414. The van der Waals surface area contributed by atoms with Gasteiger partial charge in [-0.1, -0.05) is 12.8 Å². The topological polar surface area (TPSA) is 0 Å². The van der Waals surface area contributed by atoms with Gasteiger partial charge in [-0.15, -0.1) is 6.42 Å². The summed E-state index contributed by atoms with van der Waals surface area (Å²) in [6.45, 7) is 1.84. The molecule has 0 unspecified atom stereocenters. The van der Waals surface area contributed by atoms with Crippen LogP contribution in [0.4, 0.5) is 0 Å². The summed E-state index contributed by atoms with van der Waals surface area (Å²) < 4.78 is 0. The second-order valence-corrected chi connectivity index (χ2v) is 0.952. The molecule has 0 rings (SSSR count). The molecule has 0 fully saturated rings. The molecule has 1 radical (unpaired) electrons. The van der Waals surface area contributed by atoms with Crippen LogP contribution in [0.3, 0.4) is 0 Å². The van der Waals surface area contributed by atoms with E-state index < -0.39 is 0 Å². The zero-order valence-electron chi connectivity index (χ0n) is 4.65. The van der Waals surface area contributed by atoms with E-state index in [0.29, 0.717) is 0 Å². The molecule has 37 valence electrons. The average molecular weight is 101 g/mol. The lowest BCUT2D eigenvalue weighted by Gasteiger charge is -1.58. The third-order valence-corrected chi connectivity index (χ3v) is 0.414. The van der Waals surface area contributed by atoms with Crippen LogP contribution in [0.5, 0.6) is 0 Å². The summed E-state index contributed by atoms with van der Waals surface area (Å²) in [5, 5.41) is 0. The van der Waals surface area contributed by atoms with Gasteiger partial charge in [0.1, 0.15) is 0 Å². The van der Waals surface area contributed by atoms with Crippen molar-refractivity contribution >= 4 is 0 Å². The van der Waals surface area contributed by atoms with Crippen LogP contribution >= 0.6 is 0 Å². The van der Waals surface area contributed by atoms with Crippen molar-refractivity contribution in [3.63, 3.8) is 0 Å². The van der Waals surface area contributed by atoms with Crippen molar-refractivity contribution in [1.29, 1.82) is 0 Å². The fourth-order valence-electron chi connectivity index (χ4n) is 0.176. The van der Waals surface area contributed by atoms with Crippen molar-refractivity contribution < 1.29 is 0 Å². The molecule has 0 atom stereocenters. The van der Waals surface area contributed by atoms with Crippen LogP contribution in [0.15, 0.2) is 0 Å². The quantitative estimate of drug-likeness (QED) is 0.397. The van der Waals surface area contributed by atoms with Crippen molar-refractivity contribution in [2.24, 2.45) is 0 Å². The molecular weight excluding hydrogens is 96.1 g/mol. The van der Waals surface area contributed by atoms with E-state index in [9.17, 15) is 0 Å².